The predicted octanol–water partition coefficient (Wildman–Crippen LogP) is 2.66. The van der Waals surface area contributed by atoms with Gasteiger partial charge < -0.3 is 15.7 Å². The van der Waals surface area contributed by atoms with Crippen LogP contribution < -0.4 is 5.73 Å². The van der Waals surface area contributed by atoms with Crippen LogP contribution in [0.15, 0.2) is 60.8 Å². The molecule has 0 bridgehead atoms. The number of aromatic amines is 1. The number of benzene rings is 2. The number of likely N-dealkylation sites (tertiary alicyclic amines) is 1. The second-order valence-electron chi connectivity index (χ2n) is 7.27. The summed E-state index contributed by atoms with van der Waals surface area (Å²) in [6.07, 6.45) is 2.62. The van der Waals surface area contributed by atoms with Gasteiger partial charge >= 0.3 is 0 Å². The van der Waals surface area contributed by atoms with Gasteiger partial charge in [-0.25, -0.2) is 0 Å². The predicted molar refractivity (Wildman–Crippen MR) is 107 cm³/mol. The van der Waals surface area contributed by atoms with Crippen molar-refractivity contribution < 1.29 is 9.90 Å². The molecule has 1 aliphatic heterocycles. The zero-order chi connectivity index (χ0) is 19.6. The van der Waals surface area contributed by atoms with Crippen molar-refractivity contribution in [3.63, 3.8) is 0 Å². The first-order chi connectivity index (χ1) is 13.6. The molecule has 0 spiro atoms. The Morgan fingerprint density at radius 3 is 2.18 bits per heavy atom. The van der Waals surface area contributed by atoms with Crippen LogP contribution in [0.1, 0.15) is 34.5 Å². The summed E-state index contributed by atoms with van der Waals surface area (Å²) in [4.78, 5) is 14.6. The number of rotatable bonds is 4. The van der Waals surface area contributed by atoms with Crippen LogP contribution in [0, 0.1) is 0 Å². The van der Waals surface area contributed by atoms with Gasteiger partial charge in [-0.3, -0.25) is 9.89 Å². The molecule has 1 amide bonds. The highest BCUT2D eigenvalue weighted by Gasteiger charge is 2.36. The zero-order valence-electron chi connectivity index (χ0n) is 15.6. The molecule has 4 N–H and O–H groups in total. The molecular weight excluding hydrogens is 352 g/mol. The Morgan fingerprint density at radius 2 is 1.64 bits per heavy atom. The number of carbonyl (C=O) groups is 1. The van der Waals surface area contributed by atoms with Crippen molar-refractivity contribution in [3.8, 4) is 11.1 Å². The third-order valence-corrected chi connectivity index (χ3v) is 5.53. The maximum atomic E-state index is 12.8. The fraction of sp³-hybridized carbons (Fsp3) is 0.273. The van der Waals surface area contributed by atoms with Gasteiger partial charge in [0.25, 0.3) is 5.91 Å². The molecule has 0 unspecified atom stereocenters. The molecule has 144 valence electrons. The number of aromatic nitrogens is 2. The first-order valence-electron chi connectivity index (χ1n) is 9.50. The van der Waals surface area contributed by atoms with E-state index in [0.717, 1.165) is 16.7 Å². The molecule has 0 atom stereocenters. The van der Waals surface area contributed by atoms with Crippen molar-refractivity contribution in [1.29, 1.82) is 0 Å². The number of aliphatic hydroxyl groups is 1. The number of nitrogens with two attached hydrogens (primary N) is 1. The summed E-state index contributed by atoms with van der Waals surface area (Å²) in [5.74, 6) is -0.00306. The summed E-state index contributed by atoms with van der Waals surface area (Å²) >= 11 is 0. The molecule has 1 aliphatic rings. The minimum absolute atomic E-state index is 0.00306. The molecule has 1 aromatic heterocycles. The third kappa shape index (κ3) is 3.56. The van der Waals surface area contributed by atoms with Crippen molar-refractivity contribution in [2.45, 2.75) is 25.0 Å². The highest BCUT2D eigenvalue weighted by Crippen LogP contribution is 2.32. The van der Waals surface area contributed by atoms with Crippen LogP contribution in [0.25, 0.3) is 11.1 Å². The summed E-state index contributed by atoms with van der Waals surface area (Å²) < 4.78 is 0. The fourth-order valence-corrected chi connectivity index (χ4v) is 3.69. The summed E-state index contributed by atoms with van der Waals surface area (Å²) in [6.45, 7) is 1.55. The largest absolute Gasteiger partial charge is 0.383 e. The third-order valence-electron chi connectivity index (χ3n) is 5.53. The highest BCUT2D eigenvalue weighted by molar-refractivity contribution is 5.94. The highest BCUT2D eigenvalue weighted by atomic mass is 16.3. The summed E-state index contributed by atoms with van der Waals surface area (Å²) in [5, 5.41) is 17.5. The Labute approximate surface area is 164 Å². The van der Waals surface area contributed by atoms with E-state index < -0.39 is 5.60 Å². The smallest absolute Gasteiger partial charge is 0.253 e. The van der Waals surface area contributed by atoms with Gasteiger partial charge in [-0.2, -0.15) is 5.10 Å². The Hall–Kier alpha value is -2.96. The van der Waals surface area contributed by atoms with E-state index in [1.807, 2.05) is 48.5 Å². The van der Waals surface area contributed by atoms with Crippen molar-refractivity contribution in [2.24, 2.45) is 5.73 Å². The lowest BCUT2D eigenvalue weighted by Gasteiger charge is -2.37. The van der Waals surface area contributed by atoms with Crippen LogP contribution in [-0.2, 0) is 12.1 Å². The SMILES string of the molecule is NCc1ccc(-c2ccc(C(=O)N3CCC(O)(c4ccn[nH]4)CC3)cc2)cc1. The Bertz CT molecular complexity index is 926. The lowest BCUT2D eigenvalue weighted by molar-refractivity contribution is -0.0244. The molecule has 1 saturated heterocycles. The number of carbonyl (C=O) groups excluding carboxylic acids is 1. The number of hydrogen-bond acceptors (Lipinski definition) is 4. The fourth-order valence-electron chi connectivity index (χ4n) is 3.69. The summed E-state index contributed by atoms with van der Waals surface area (Å²) in [7, 11) is 0. The lowest BCUT2D eigenvalue weighted by atomic mass is 9.88. The van der Waals surface area contributed by atoms with E-state index in [9.17, 15) is 9.90 Å². The van der Waals surface area contributed by atoms with Gasteiger partial charge in [-0.15, -0.1) is 0 Å². The van der Waals surface area contributed by atoms with Gasteiger partial charge in [0.1, 0.15) is 5.60 Å². The van der Waals surface area contributed by atoms with E-state index in [4.69, 9.17) is 5.73 Å². The molecule has 2 aromatic carbocycles. The number of amides is 1. The second kappa shape index (κ2) is 7.58. The van der Waals surface area contributed by atoms with Crippen LogP contribution in [0.4, 0.5) is 0 Å². The van der Waals surface area contributed by atoms with Crippen molar-refractivity contribution >= 4 is 5.91 Å². The van der Waals surface area contributed by atoms with E-state index in [1.165, 1.54) is 0 Å². The maximum absolute atomic E-state index is 12.8. The monoisotopic (exact) mass is 376 g/mol. The lowest BCUT2D eigenvalue weighted by Crippen LogP contribution is -2.45. The molecule has 2 heterocycles. The summed E-state index contributed by atoms with van der Waals surface area (Å²) in [6, 6.07) is 17.6. The quantitative estimate of drug-likeness (QED) is 0.652. The molecule has 6 nitrogen and oxygen atoms in total. The van der Waals surface area contributed by atoms with Gasteiger partial charge in [0, 0.05) is 31.4 Å². The van der Waals surface area contributed by atoms with Gasteiger partial charge in [-0.05, 0) is 47.7 Å². The van der Waals surface area contributed by atoms with Crippen LogP contribution in [0.2, 0.25) is 0 Å². The second-order valence-corrected chi connectivity index (χ2v) is 7.27. The minimum atomic E-state index is -0.938. The number of H-pyrrole nitrogens is 1. The zero-order valence-corrected chi connectivity index (χ0v) is 15.6. The first-order valence-corrected chi connectivity index (χ1v) is 9.50. The Morgan fingerprint density at radius 1 is 1.04 bits per heavy atom. The number of nitrogens with zero attached hydrogens (tertiary/aromatic N) is 2. The van der Waals surface area contributed by atoms with E-state index in [-0.39, 0.29) is 5.91 Å². The standard InChI is InChI=1S/C22H24N4O2/c23-15-16-1-3-17(4-2-16)18-5-7-19(8-6-18)21(27)26-13-10-22(28,11-14-26)20-9-12-24-25-20/h1-9,12,28H,10-11,13-15,23H2,(H,24,25). The average Bonchev–Trinajstić information content (AvgIpc) is 3.30. The first kappa shape index (κ1) is 18.4. The topological polar surface area (TPSA) is 95.2 Å². The van der Waals surface area contributed by atoms with Crippen molar-refractivity contribution in [2.75, 3.05) is 13.1 Å². The molecule has 28 heavy (non-hydrogen) atoms. The van der Waals surface area contributed by atoms with Gasteiger partial charge in [-0.1, -0.05) is 36.4 Å². The molecule has 0 saturated carbocycles. The maximum Gasteiger partial charge on any atom is 0.253 e. The molecule has 3 aromatic rings. The normalized spacial score (nSPS) is 16.1. The molecule has 0 radical (unpaired) electrons. The molecular formula is C22H24N4O2. The van der Waals surface area contributed by atoms with E-state index >= 15 is 0 Å². The molecule has 0 aliphatic carbocycles. The van der Waals surface area contributed by atoms with Crippen LogP contribution in [0.5, 0.6) is 0 Å². The molecule has 1 fully saturated rings. The number of nitrogens with one attached hydrogen (secondary N) is 1. The molecule has 4 rings (SSSR count). The van der Waals surface area contributed by atoms with Crippen molar-refractivity contribution in [1.82, 2.24) is 15.1 Å². The minimum Gasteiger partial charge on any atom is -0.383 e. The number of hydrogen-bond donors (Lipinski definition) is 3. The van der Waals surface area contributed by atoms with Gasteiger partial charge in [0.15, 0.2) is 0 Å². The van der Waals surface area contributed by atoms with Crippen molar-refractivity contribution in [3.05, 3.63) is 77.6 Å². The average molecular weight is 376 g/mol. The van der Waals surface area contributed by atoms with Crippen LogP contribution in [-0.4, -0.2) is 39.2 Å². The molecule has 6 heteroatoms. The van der Waals surface area contributed by atoms with Crippen LogP contribution >= 0.6 is 0 Å². The van der Waals surface area contributed by atoms with Gasteiger partial charge in [0.2, 0.25) is 0 Å². The van der Waals surface area contributed by atoms with E-state index in [2.05, 4.69) is 10.2 Å². The Kier molecular flexibility index (Phi) is 4.98. The Balaban J connectivity index is 1.42. The summed E-state index contributed by atoms with van der Waals surface area (Å²) in [5.41, 5.74) is 9.33. The van der Waals surface area contributed by atoms with E-state index in [1.54, 1.807) is 17.2 Å². The van der Waals surface area contributed by atoms with Crippen LogP contribution in [0.3, 0.4) is 0 Å². The van der Waals surface area contributed by atoms with Gasteiger partial charge in [0.05, 0.1) is 5.69 Å². The van der Waals surface area contributed by atoms with E-state index in [0.29, 0.717) is 43.7 Å². The number of piperidine rings is 1.